The largest absolute Gasteiger partial charge is 0.507 e. The number of aromatic hydroxyl groups is 1. The fourth-order valence-electron chi connectivity index (χ4n) is 4.15. The maximum absolute atomic E-state index is 13.0. The summed E-state index contributed by atoms with van der Waals surface area (Å²) in [5.41, 5.74) is 1.37. The van der Waals surface area contributed by atoms with Crippen LogP contribution < -0.4 is 5.63 Å². The van der Waals surface area contributed by atoms with E-state index in [-0.39, 0.29) is 23.2 Å². The zero-order valence-corrected chi connectivity index (χ0v) is 16.6. The van der Waals surface area contributed by atoms with Gasteiger partial charge in [0.05, 0.1) is 5.56 Å². The van der Waals surface area contributed by atoms with E-state index < -0.39 is 0 Å². The van der Waals surface area contributed by atoms with E-state index in [9.17, 15) is 9.90 Å². The monoisotopic (exact) mass is 398 g/mol. The van der Waals surface area contributed by atoms with Gasteiger partial charge in [-0.3, -0.25) is 0 Å². The predicted octanol–water partition coefficient (Wildman–Crippen LogP) is 5.75. The molecule has 0 saturated heterocycles. The SMILES string of the molecule is O=c1oc(C(Cc2ccsc2)C2CC2)cc(O)c1C(c1cccs1)C1CC1. The molecule has 0 bridgehead atoms. The first-order chi connectivity index (χ1) is 13.2. The summed E-state index contributed by atoms with van der Waals surface area (Å²) < 4.78 is 5.85. The second kappa shape index (κ2) is 6.95. The van der Waals surface area contributed by atoms with Crippen molar-refractivity contribution < 1.29 is 9.52 Å². The zero-order valence-electron chi connectivity index (χ0n) is 15.0. The van der Waals surface area contributed by atoms with Crippen LogP contribution in [0, 0.1) is 11.8 Å². The summed E-state index contributed by atoms with van der Waals surface area (Å²) in [6.45, 7) is 0. The Kier molecular flexibility index (Phi) is 4.44. The maximum atomic E-state index is 13.0. The molecule has 5 rings (SSSR count). The molecule has 2 fully saturated rings. The molecule has 2 saturated carbocycles. The van der Waals surface area contributed by atoms with E-state index in [0.29, 0.717) is 23.2 Å². The molecule has 0 radical (unpaired) electrons. The summed E-state index contributed by atoms with van der Waals surface area (Å²) in [6.07, 6.45) is 5.41. The van der Waals surface area contributed by atoms with Crippen molar-refractivity contribution in [3.05, 3.63) is 72.6 Å². The van der Waals surface area contributed by atoms with Gasteiger partial charge in [-0.25, -0.2) is 4.79 Å². The number of hydrogen-bond acceptors (Lipinski definition) is 5. The molecule has 0 aliphatic heterocycles. The quantitative estimate of drug-likeness (QED) is 0.551. The smallest absolute Gasteiger partial charge is 0.343 e. The van der Waals surface area contributed by atoms with Gasteiger partial charge in [0.2, 0.25) is 0 Å². The normalized spacial score (nSPS) is 19.1. The van der Waals surface area contributed by atoms with Gasteiger partial charge < -0.3 is 9.52 Å². The summed E-state index contributed by atoms with van der Waals surface area (Å²) in [5, 5.41) is 17.1. The van der Waals surface area contributed by atoms with Crippen molar-refractivity contribution in [1.29, 1.82) is 0 Å². The van der Waals surface area contributed by atoms with Crippen LogP contribution in [0.25, 0.3) is 0 Å². The molecule has 3 aromatic heterocycles. The Labute approximate surface area is 166 Å². The minimum atomic E-state index is -0.355. The fraction of sp³-hybridized carbons (Fsp3) is 0.409. The lowest BCUT2D eigenvalue weighted by atomic mass is 9.90. The Balaban J connectivity index is 1.52. The van der Waals surface area contributed by atoms with Gasteiger partial charge in [-0.1, -0.05) is 6.07 Å². The maximum Gasteiger partial charge on any atom is 0.343 e. The minimum Gasteiger partial charge on any atom is -0.507 e. The molecular weight excluding hydrogens is 376 g/mol. The molecule has 2 aliphatic carbocycles. The Hall–Kier alpha value is -1.85. The molecule has 1 N–H and O–H groups in total. The fourth-order valence-corrected chi connectivity index (χ4v) is 5.76. The van der Waals surface area contributed by atoms with Crippen LogP contribution in [0.3, 0.4) is 0 Å². The van der Waals surface area contributed by atoms with Gasteiger partial charge in [0.25, 0.3) is 0 Å². The average molecular weight is 399 g/mol. The van der Waals surface area contributed by atoms with Crippen LogP contribution in [0.4, 0.5) is 0 Å². The van der Waals surface area contributed by atoms with E-state index in [1.807, 2.05) is 11.4 Å². The summed E-state index contributed by atoms with van der Waals surface area (Å²) in [5.74, 6) is 1.89. The Bertz CT molecular complexity index is 964. The number of thiophene rings is 2. The highest BCUT2D eigenvalue weighted by Gasteiger charge is 2.39. The zero-order chi connectivity index (χ0) is 18.4. The minimum absolute atomic E-state index is 0.0356. The lowest BCUT2D eigenvalue weighted by molar-refractivity contribution is 0.371. The van der Waals surface area contributed by atoms with E-state index in [1.54, 1.807) is 28.7 Å². The van der Waals surface area contributed by atoms with Crippen LogP contribution in [0.2, 0.25) is 0 Å². The summed E-state index contributed by atoms with van der Waals surface area (Å²) in [4.78, 5) is 14.1. The summed E-state index contributed by atoms with van der Waals surface area (Å²) in [6, 6.07) is 7.93. The molecule has 0 spiro atoms. The van der Waals surface area contributed by atoms with Gasteiger partial charge in [-0.15, -0.1) is 11.3 Å². The van der Waals surface area contributed by atoms with Gasteiger partial charge in [-0.2, -0.15) is 11.3 Å². The molecule has 0 amide bonds. The van der Waals surface area contributed by atoms with Gasteiger partial charge in [0, 0.05) is 22.8 Å². The molecule has 5 heteroatoms. The van der Waals surface area contributed by atoms with Crippen LogP contribution in [0.15, 0.2) is 49.6 Å². The molecule has 2 unspecified atom stereocenters. The van der Waals surface area contributed by atoms with Crippen LogP contribution >= 0.6 is 22.7 Å². The van der Waals surface area contributed by atoms with Crippen molar-refractivity contribution in [2.45, 2.75) is 43.9 Å². The van der Waals surface area contributed by atoms with E-state index in [1.165, 1.54) is 18.4 Å². The predicted molar refractivity (Wildman–Crippen MR) is 109 cm³/mol. The molecule has 140 valence electrons. The van der Waals surface area contributed by atoms with Crippen molar-refractivity contribution >= 4 is 22.7 Å². The molecule has 3 aromatic rings. The molecular formula is C22H22O3S2. The number of rotatable bonds is 7. The van der Waals surface area contributed by atoms with Gasteiger partial charge in [-0.05, 0) is 77.8 Å². The molecule has 3 nitrogen and oxygen atoms in total. The first kappa shape index (κ1) is 17.3. The highest BCUT2D eigenvalue weighted by atomic mass is 32.1. The van der Waals surface area contributed by atoms with Crippen molar-refractivity contribution in [2.24, 2.45) is 11.8 Å². The second-order valence-electron chi connectivity index (χ2n) is 7.85. The van der Waals surface area contributed by atoms with E-state index in [0.717, 1.165) is 24.1 Å². The Morgan fingerprint density at radius 3 is 2.56 bits per heavy atom. The Morgan fingerprint density at radius 2 is 1.96 bits per heavy atom. The van der Waals surface area contributed by atoms with Crippen LogP contribution in [-0.2, 0) is 6.42 Å². The third-order valence-electron chi connectivity index (χ3n) is 5.83. The Morgan fingerprint density at radius 1 is 1.15 bits per heavy atom. The summed E-state index contributed by atoms with van der Waals surface area (Å²) in [7, 11) is 0. The van der Waals surface area contributed by atoms with Gasteiger partial charge in [0.1, 0.15) is 11.5 Å². The summed E-state index contributed by atoms with van der Waals surface area (Å²) >= 11 is 3.34. The van der Waals surface area contributed by atoms with Gasteiger partial charge >= 0.3 is 5.63 Å². The standard InChI is InChI=1S/C22H22O3S2/c23-17-11-18(16(14-3-4-14)10-13-7-9-26-12-13)25-22(24)21(17)20(15-5-6-15)19-2-1-8-27-19/h1-2,7-9,11-12,14-16,20,23H,3-6,10H2. The molecule has 27 heavy (non-hydrogen) atoms. The third kappa shape index (κ3) is 3.50. The van der Waals surface area contributed by atoms with Gasteiger partial charge in [0.15, 0.2) is 0 Å². The third-order valence-corrected chi connectivity index (χ3v) is 7.52. The molecule has 0 aromatic carbocycles. The van der Waals surface area contributed by atoms with E-state index in [2.05, 4.69) is 22.9 Å². The van der Waals surface area contributed by atoms with Crippen LogP contribution in [0.1, 0.15) is 59.3 Å². The van der Waals surface area contributed by atoms with Crippen molar-refractivity contribution in [3.63, 3.8) is 0 Å². The number of hydrogen-bond donors (Lipinski definition) is 1. The second-order valence-corrected chi connectivity index (χ2v) is 9.60. The molecule has 2 atom stereocenters. The van der Waals surface area contributed by atoms with E-state index >= 15 is 0 Å². The lowest BCUT2D eigenvalue weighted by Gasteiger charge is -2.19. The van der Waals surface area contributed by atoms with Crippen LogP contribution in [0.5, 0.6) is 5.75 Å². The lowest BCUT2D eigenvalue weighted by Crippen LogP contribution is -2.17. The topological polar surface area (TPSA) is 50.4 Å². The first-order valence-corrected chi connectivity index (χ1v) is 11.4. The highest BCUT2D eigenvalue weighted by Crippen LogP contribution is 2.50. The van der Waals surface area contributed by atoms with Crippen molar-refractivity contribution in [3.8, 4) is 5.75 Å². The van der Waals surface area contributed by atoms with Crippen LogP contribution in [-0.4, -0.2) is 5.11 Å². The van der Waals surface area contributed by atoms with Crippen molar-refractivity contribution in [2.75, 3.05) is 0 Å². The molecule has 3 heterocycles. The highest BCUT2D eigenvalue weighted by molar-refractivity contribution is 7.10. The average Bonchev–Trinajstić information content (AvgIpc) is 3.56. The van der Waals surface area contributed by atoms with Crippen molar-refractivity contribution in [1.82, 2.24) is 0 Å². The first-order valence-electron chi connectivity index (χ1n) is 9.62. The van der Waals surface area contributed by atoms with E-state index in [4.69, 9.17) is 4.42 Å². The molecule has 2 aliphatic rings.